The van der Waals surface area contributed by atoms with Crippen molar-refractivity contribution in [1.82, 2.24) is 0 Å². The van der Waals surface area contributed by atoms with Crippen molar-refractivity contribution in [3.05, 3.63) is 0 Å². The molecule has 5 aliphatic rings. The summed E-state index contributed by atoms with van der Waals surface area (Å²) in [6.07, 6.45) is 0. The molecule has 0 aliphatic heterocycles. The monoisotopic (exact) mass is 126 g/mol. The van der Waals surface area contributed by atoms with Crippen molar-refractivity contribution >= 4 is 11.6 Å². The number of halogens is 1. The van der Waals surface area contributed by atoms with E-state index in [0.29, 0.717) is 5.38 Å². The molecule has 5 rings (SSSR count). The second-order valence-corrected chi connectivity index (χ2v) is 4.41. The molecule has 0 N–H and O–H groups in total. The van der Waals surface area contributed by atoms with Crippen molar-refractivity contribution in [1.29, 1.82) is 0 Å². The van der Waals surface area contributed by atoms with Crippen molar-refractivity contribution in [3.8, 4) is 0 Å². The Bertz CT molecular complexity index is 161. The summed E-state index contributed by atoms with van der Waals surface area (Å²) in [5, 5.41) is 0.639. The quantitative estimate of drug-likeness (QED) is 0.430. The van der Waals surface area contributed by atoms with Gasteiger partial charge in [-0.25, -0.2) is 0 Å². The number of hydrogen-bond acceptors (Lipinski definition) is 0. The fraction of sp³-hybridized carbons (Fsp3) is 1.00. The number of hydrogen-bond donors (Lipinski definition) is 0. The van der Waals surface area contributed by atoms with E-state index in [-0.39, 0.29) is 0 Å². The van der Waals surface area contributed by atoms with Gasteiger partial charge in [0.05, 0.1) is 0 Å². The maximum Gasteiger partial charge on any atom is 0.0404 e. The van der Waals surface area contributed by atoms with E-state index >= 15 is 0 Å². The molecule has 0 aromatic rings. The molecule has 0 nitrogen and oxygen atoms in total. The highest BCUT2D eigenvalue weighted by Crippen LogP contribution is 2.93. The second-order valence-electron chi connectivity index (χ2n) is 3.91. The van der Waals surface area contributed by atoms with Crippen molar-refractivity contribution in [2.45, 2.75) is 5.38 Å². The van der Waals surface area contributed by atoms with E-state index in [0.717, 1.165) is 23.7 Å². The average Bonchev–Trinajstić information content (AvgIpc) is 2.60. The Labute approximate surface area is 53.2 Å². The van der Waals surface area contributed by atoms with Crippen LogP contribution < -0.4 is 0 Å². The van der Waals surface area contributed by atoms with Crippen molar-refractivity contribution in [2.75, 3.05) is 0 Å². The standard InChI is InChI=1S/C7H7Cl/c8-7-5-3-1-2(3)4(1)6(5)7/h1-7H. The third-order valence-electron chi connectivity index (χ3n) is 3.87. The molecule has 2 unspecified atom stereocenters. The molecule has 0 aromatic carbocycles. The van der Waals surface area contributed by atoms with Crippen molar-refractivity contribution in [3.63, 3.8) is 0 Å². The fourth-order valence-electron chi connectivity index (χ4n) is 3.42. The molecule has 0 amide bonds. The van der Waals surface area contributed by atoms with E-state index in [2.05, 4.69) is 0 Å². The summed E-state index contributed by atoms with van der Waals surface area (Å²) in [7, 11) is 0. The van der Waals surface area contributed by atoms with E-state index in [1.54, 1.807) is 0 Å². The van der Waals surface area contributed by atoms with Gasteiger partial charge in [-0.05, 0) is 35.5 Å². The van der Waals surface area contributed by atoms with Crippen molar-refractivity contribution in [2.24, 2.45) is 35.5 Å². The lowest BCUT2D eigenvalue weighted by Crippen LogP contribution is -1.98. The average molecular weight is 127 g/mol. The lowest BCUT2D eigenvalue weighted by atomic mass is 10.1. The normalized spacial score (nSPS) is 94.9. The Morgan fingerprint density at radius 2 is 1.00 bits per heavy atom. The summed E-state index contributed by atoms with van der Waals surface area (Å²) >= 11 is 5.99. The predicted octanol–water partition coefficient (Wildman–Crippen LogP) is 1.35. The summed E-state index contributed by atoms with van der Waals surface area (Å²) in [6.45, 7) is 0. The minimum absolute atomic E-state index is 0.639. The first-order chi connectivity index (χ1) is 3.91. The van der Waals surface area contributed by atoms with Crippen LogP contribution in [0.25, 0.3) is 0 Å². The van der Waals surface area contributed by atoms with Crippen LogP contribution in [0.4, 0.5) is 0 Å². The third-order valence-corrected chi connectivity index (χ3v) is 4.45. The fourth-order valence-corrected chi connectivity index (χ4v) is 4.01. The summed E-state index contributed by atoms with van der Waals surface area (Å²) < 4.78 is 0. The molecule has 5 saturated carbocycles. The van der Waals surface area contributed by atoms with Crippen molar-refractivity contribution < 1.29 is 0 Å². The maximum absolute atomic E-state index is 5.99. The first kappa shape index (κ1) is 3.46. The highest BCUT2D eigenvalue weighted by atomic mass is 35.5. The van der Waals surface area contributed by atoms with Crippen LogP contribution in [0.15, 0.2) is 0 Å². The predicted molar refractivity (Wildman–Crippen MR) is 30.6 cm³/mol. The minimum Gasteiger partial charge on any atom is -0.122 e. The van der Waals surface area contributed by atoms with Crippen LogP contribution in [0.2, 0.25) is 0 Å². The molecule has 5 fully saturated rings. The Hall–Kier alpha value is 0.290. The summed E-state index contributed by atoms with van der Waals surface area (Å²) in [6, 6.07) is 0. The van der Waals surface area contributed by atoms with Gasteiger partial charge in [0.2, 0.25) is 0 Å². The van der Waals surface area contributed by atoms with Gasteiger partial charge in [0.25, 0.3) is 0 Å². The zero-order chi connectivity index (χ0) is 5.04. The summed E-state index contributed by atoms with van der Waals surface area (Å²) in [5.74, 6) is 6.81. The maximum atomic E-state index is 5.99. The molecule has 0 radical (unpaired) electrons. The van der Waals surface area contributed by atoms with Crippen LogP contribution in [0.1, 0.15) is 0 Å². The smallest absolute Gasteiger partial charge is 0.0404 e. The van der Waals surface area contributed by atoms with Gasteiger partial charge in [-0.15, -0.1) is 11.6 Å². The van der Waals surface area contributed by atoms with Gasteiger partial charge in [-0.1, -0.05) is 0 Å². The minimum atomic E-state index is 0.639. The highest BCUT2D eigenvalue weighted by molar-refractivity contribution is 6.23. The Kier molecular flexibility index (Phi) is 0.275. The Balaban J connectivity index is 1.93. The summed E-state index contributed by atoms with van der Waals surface area (Å²) in [4.78, 5) is 0. The van der Waals surface area contributed by atoms with Crippen LogP contribution in [0, 0.1) is 35.5 Å². The van der Waals surface area contributed by atoms with Gasteiger partial charge in [0.15, 0.2) is 0 Å². The molecular formula is C7H7Cl. The van der Waals surface area contributed by atoms with E-state index in [1.165, 1.54) is 11.8 Å². The molecule has 0 spiro atoms. The van der Waals surface area contributed by atoms with Crippen LogP contribution in [-0.4, -0.2) is 5.38 Å². The molecule has 2 bridgehead atoms. The van der Waals surface area contributed by atoms with Crippen LogP contribution in [0.5, 0.6) is 0 Å². The topological polar surface area (TPSA) is 0 Å². The van der Waals surface area contributed by atoms with Gasteiger partial charge in [0, 0.05) is 5.38 Å². The van der Waals surface area contributed by atoms with Crippen LogP contribution in [-0.2, 0) is 0 Å². The molecule has 5 aliphatic carbocycles. The van der Waals surface area contributed by atoms with Crippen LogP contribution >= 0.6 is 11.6 Å². The molecule has 1 heteroatoms. The number of rotatable bonds is 0. The molecule has 8 heavy (non-hydrogen) atoms. The molecule has 0 heterocycles. The first-order valence-electron chi connectivity index (χ1n) is 3.55. The second kappa shape index (κ2) is 0.636. The molecule has 42 valence electrons. The van der Waals surface area contributed by atoms with E-state index in [4.69, 9.17) is 11.6 Å². The van der Waals surface area contributed by atoms with Gasteiger partial charge in [0.1, 0.15) is 0 Å². The SMILES string of the molecule is ClC1C2C1C1C3C2C13. The molecule has 0 aromatic heterocycles. The lowest BCUT2D eigenvalue weighted by Gasteiger charge is -1.99. The van der Waals surface area contributed by atoms with E-state index < -0.39 is 0 Å². The lowest BCUT2D eigenvalue weighted by molar-refractivity contribution is 0.532. The molecule has 0 saturated heterocycles. The van der Waals surface area contributed by atoms with Gasteiger partial charge >= 0.3 is 0 Å². The van der Waals surface area contributed by atoms with E-state index in [9.17, 15) is 0 Å². The summed E-state index contributed by atoms with van der Waals surface area (Å²) in [5.41, 5.74) is 0. The highest BCUT2D eigenvalue weighted by Gasteiger charge is 2.91. The zero-order valence-electron chi connectivity index (χ0n) is 4.42. The van der Waals surface area contributed by atoms with Gasteiger partial charge < -0.3 is 0 Å². The number of alkyl halides is 1. The Morgan fingerprint density at radius 1 is 0.625 bits per heavy atom. The zero-order valence-corrected chi connectivity index (χ0v) is 5.18. The van der Waals surface area contributed by atoms with Gasteiger partial charge in [-0.3, -0.25) is 0 Å². The Morgan fingerprint density at radius 3 is 1.38 bits per heavy atom. The largest absolute Gasteiger partial charge is 0.122 e. The van der Waals surface area contributed by atoms with E-state index in [1.807, 2.05) is 0 Å². The first-order valence-corrected chi connectivity index (χ1v) is 3.99. The molecular weight excluding hydrogens is 120 g/mol. The van der Waals surface area contributed by atoms with Crippen LogP contribution in [0.3, 0.4) is 0 Å². The third kappa shape index (κ3) is 0.150. The molecule has 2 atom stereocenters. The van der Waals surface area contributed by atoms with Gasteiger partial charge in [-0.2, -0.15) is 0 Å².